The molecule has 7 heteroatoms. The smallest absolute Gasteiger partial charge is 0.193 e. The van der Waals surface area contributed by atoms with Crippen molar-refractivity contribution in [1.82, 2.24) is 0 Å². The van der Waals surface area contributed by atoms with E-state index in [1.165, 1.54) is 17.7 Å². The molecule has 0 aliphatic carbocycles. The van der Waals surface area contributed by atoms with Gasteiger partial charge in [0.2, 0.25) is 0 Å². The monoisotopic (exact) mass is 485 g/mol. The first-order valence-corrected chi connectivity index (χ1v) is 8.75. The topological polar surface area (TPSA) is 68.9 Å². The summed E-state index contributed by atoms with van der Waals surface area (Å²) in [6.45, 7) is 5.09. The van der Waals surface area contributed by atoms with E-state index in [1.54, 1.807) is 0 Å². The Morgan fingerprint density at radius 1 is 1.30 bits per heavy atom. The lowest BCUT2D eigenvalue weighted by Gasteiger charge is -2.20. The number of anilines is 1. The summed E-state index contributed by atoms with van der Waals surface area (Å²) in [6.07, 6.45) is 1.10. The van der Waals surface area contributed by atoms with Crippen LogP contribution in [-0.2, 0) is 17.9 Å². The van der Waals surface area contributed by atoms with E-state index in [0.29, 0.717) is 29.4 Å². The van der Waals surface area contributed by atoms with Crippen LogP contribution in [0.3, 0.4) is 0 Å². The van der Waals surface area contributed by atoms with Gasteiger partial charge >= 0.3 is 0 Å². The maximum absolute atomic E-state index is 13.8. The minimum atomic E-state index is -0.338. The van der Waals surface area contributed by atoms with E-state index in [-0.39, 0.29) is 49.1 Å². The Balaban J connectivity index is 0.00000261. The second-order valence-electron chi connectivity index (χ2n) is 6.42. The van der Waals surface area contributed by atoms with Crippen molar-refractivity contribution in [3.8, 4) is 5.75 Å². The lowest BCUT2D eigenvalue weighted by atomic mass is 9.99. The fraction of sp³-hybridized carbons (Fsp3) is 0.350. The third-order valence-electron chi connectivity index (χ3n) is 4.54. The van der Waals surface area contributed by atoms with Gasteiger partial charge < -0.3 is 20.5 Å². The van der Waals surface area contributed by atoms with Crippen molar-refractivity contribution in [3.63, 3.8) is 0 Å². The molecule has 0 aromatic heterocycles. The average Bonchev–Trinajstić information content (AvgIpc) is 2.66. The van der Waals surface area contributed by atoms with E-state index in [1.807, 2.05) is 12.1 Å². The second kappa shape index (κ2) is 9.89. The normalized spacial score (nSPS) is 14.6. The Labute approximate surface area is 176 Å². The lowest BCUT2D eigenvalue weighted by Crippen LogP contribution is -2.22. The number of halogens is 2. The highest BCUT2D eigenvalue weighted by atomic mass is 127. The molecule has 5 nitrogen and oxygen atoms in total. The van der Waals surface area contributed by atoms with Crippen LogP contribution in [0.4, 0.5) is 10.1 Å². The first-order chi connectivity index (χ1) is 12.6. The number of hydrogen-bond donors (Lipinski definition) is 2. The lowest BCUT2D eigenvalue weighted by molar-refractivity contribution is -0.0172. The van der Waals surface area contributed by atoms with Crippen molar-refractivity contribution in [3.05, 3.63) is 58.9 Å². The molecule has 2 aromatic rings. The molecule has 2 aromatic carbocycles. The molecule has 146 valence electrons. The van der Waals surface area contributed by atoms with E-state index in [9.17, 15) is 4.39 Å². The first kappa shape index (κ1) is 21.4. The fourth-order valence-electron chi connectivity index (χ4n) is 2.86. The van der Waals surface area contributed by atoms with Crippen molar-refractivity contribution in [2.75, 3.05) is 12.1 Å². The molecule has 3 rings (SSSR count). The molecule has 1 heterocycles. The highest BCUT2D eigenvalue weighted by molar-refractivity contribution is 14.0. The van der Waals surface area contributed by atoms with Crippen LogP contribution in [0.2, 0.25) is 0 Å². The van der Waals surface area contributed by atoms with Gasteiger partial charge in [0.15, 0.2) is 12.8 Å². The Bertz CT molecular complexity index is 797. The third-order valence-corrected chi connectivity index (χ3v) is 4.54. The van der Waals surface area contributed by atoms with Gasteiger partial charge in [0, 0.05) is 16.8 Å². The molecule has 1 aliphatic heterocycles. The van der Waals surface area contributed by atoms with Crippen LogP contribution < -0.4 is 15.8 Å². The molecule has 1 unspecified atom stereocenters. The summed E-state index contributed by atoms with van der Waals surface area (Å²) in [4.78, 5) is 4.31. The summed E-state index contributed by atoms with van der Waals surface area (Å²) >= 11 is 0. The number of hydrogen-bond acceptors (Lipinski definition) is 3. The van der Waals surface area contributed by atoms with Gasteiger partial charge in [-0.1, -0.05) is 26.0 Å². The van der Waals surface area contributed by atoms with Gasteiger partial charge in [0.25, 0.3) is 0 Å². The quantitative estimate of drug-likeness (QED) is 0.365. The van der Waals surface area contributed by atoms with E-state index in [4.69, 9.17) is 15.2 Å². The largest absolute Gasteiger partial charge is 0.467 e. The summed E-state index contributed by atoms with van der Waals surface area (Å²) in [5.41, 5.74) is 9.47. The summed E-state index contributed by atoms with van der Waals surface area (Å²) in [5, 5.41) is 3.06. The molecule has 0 fully saturated rings. The Kier molecular flexibility index (Phi) is 7.85. The molecule has 0 saturated carbocycles. The highest BCUT2D eigenvalue weighted by Crippen LogP contribution is 2.30. The molecule has 0 radical (unpaired) electrons. The zero-order valence-electron chi connectivity index (χ0n) is 15.5. The van der Waals surface area contributed by atoms with Crippen molar-refractivity contribution in [2.45, 2.75) is 39.3 Å². The molecule has 0 bridgehead atoms. The highest BCUT2D eigenvalue weighted by Gasteiger charge is 2.16. The van der Waals surface area contributed by atoms with E-state index >= 15 is 0 Å². The number of guanidine groups is 1. The molecule has 1 atom stereocenters. The summed E-state index contributed by atoms with van der Waals surface area (Å²) in [7, 11) is 0. The van der Waals surface area contributed by atoms with E-state index in [2.05, 4.69) is 36.3 Å². The average molecular weight is 485 g/mol. The van der Waals surface area contributed by atoms with Crippen LogP contribution in [-0.4, -0.2) is 12.8 Å². The Morgan fingerprint density at radius 2 is 2.04 bits per heavy atom. The molecule has 0 amide bonds. The number of ether oxygens (including phenoxy) is 2. The molecule has 27 heavy (non-hydrogen) atoms. The number of nitrogens with one attached hydrogen (secondary N) is 1. The molecular formula is C20H25FIN3O2. The van der Waals surface area contributed by atoms with Gasteiger partial charge in [-0.05, 0) is 42.2 Å². The van der Waals surface area contributed by atoms with Crippen LogP contribution in [0.1, 0.15) is 42.9 Å². The van der Waals surface area contributed by atoms with Crippen molar-refractivity contribution in [2.24, 2.45) is 10.7 Å². The summed E-state index contributed by atoms with van der Waals surface area (Å²) < 4.78 is 24.4. The van der Waals surface area contributed by atoms with Crippen LogP contribution in [0.5, 0.6) is 5.75 Å². The number of aliphatic imine (C=N–C) groups is 1. The second-order valence-corrected chi connectivity index (χ2v) is 6.42. The Morgan fingerprint density at radius 3 is 2.74 bits per heavy atom. The fourth-order valence-corrected chi connectivity index (χ4v) is 2.86. The van der Waals surface area contributed by atoms with Crippen LogP contribution in [0.25, 0.3) is 0 Å². The summed E-state index contributed by atoms with van der Waals surface area (Å²) in [5.74, 6) is 1.09. The molecule has 0 saturated heterocycles. The predicted octanol–water partition coefficient (Wildman–Crippen LogP) is 4.75. The Hall–Kier alpha value is -1.87. The van der Waals surface area contributed by atoms with Gasteiger partial charge in [-0.15, -0.1) is 24.0 Å². The maximum atomic E-state index is 13.8. The first-order valence-electron chi connectivity index (χ1n) is 8.75. The molecular weight excluding hydrogens is 460 g/mol. The molecule has 3 N–H and O–H groups in total. The van der Waals surface area contributed by atoms with Crippen molar-refractivity contribution in [1.29, 1.82) is 0 Å². The van der Waals surface area contributed by atoms with Crippen LogP contribution in [0, 0.1) is 5.82 Å². The molecule has 0 spiro atoms. The van der Waals surface area contributed by atoms with Gasteiger partial charge in [0.1, 0.15) is 11.6 Å². The third kappa shape index (κ3) is 5.55. The minimum absolute atomic E-state index is 0. The zero-order chi connectivity index (χ0) is 18.5. The minimum Gasteiger partial charge on any atom is -0.467 e. The zero-order valence-corrected chi connectivity index (χ0v) is 17.8. The molecule has 1 aliphatic rings. The number of fused-ring (bicyclic) bond motifs is 1. The van der Waals surface area contributed by atoms with Crippen molar-refractivity contribution < 1.29 is 13.9 Å². The van der Waals surface area contributed by atoms with E-state index in [0.717, 1.165) is 12.1 Å². The maximum Gasteiger partial charge on any atom is 0.193 e. The number of nitrogens with zero attached hydrogens (tertiary/aromatic N) is 1. The predicted molar refractivity (Wildman–Crippen MR) is 116 cm³/mol. The SMILES string of the molecule is CCC(C)c1ccc(NC(N)=NCc2cc(F)cc3c2OCOC3)cc1.I. The number of nitrogens with two attached hydrogens (primary N) is 1. The summed E-state index contributed by atoms with van der Waals surface area (Å²) in [6, 6.07) is 11.0. The van der Waals surface area contributed by atoms with Gasteiger partial charge in [-0.2, -0.15) is 0 Å². The van der Waals surface area contributed by atoms with Crippen LogP contribution >= 0.6 is 24.0 Å². The standard InChI is InChI=1S/C20H24FN3O2.HI/c1-3-13(2)14-4-6-18(7-5-14)24-20(22)23-10-15-8-17(21)9-16-11-25-12-26-19(15)16;/h4-9,13H,3,10-12H2,1-2H3,(H3,22,23,24);1H. The van der Waals surface area contributed by atoms with Crippen molar-refractivity contribution >= 4 is 35.6 Å². The number of benzene rings is 2. The van der Waals surface area contributed by atoms with E-state index < -0.39 is 0 Å². The van der Waals surface area contributed by atoms with Crippen LogP contribution in [0.15, 0.2) is 41.4 Å². The number of rotatable bonds is 5. The van der Waals surface area contributed by atoms with Gasteiger partial charge in [0.05, 0.1) is 13.2 Å². The van der Waals surface area contributed by atoms with Gasteiger partial charge in [-0.3, -0.25) is 0 Å². The van der Waals surface area contributed by atoms with Gasteiger partial charge in [-0.25, -0.2) is 9.38 Å².